The molecule has 0 saturated heterocycles. The van der Waals surface area contributed by atoms with E-state index in [0.29, 0.717) is 35.9 Å². The van der Waals surface area contributed by atoms with Crippen molar-refractivity contribution in [3.8, 4) is 22.4 Å². The van der Waals surface area contributed by atoms with E-state index in [0.717, 1.165) is 31.2 Å². The molecule has 1 heterocycles. The minimum absolute atomic E-state index is 0.0300. The van der Waals surface area contributed by atoms with Gasteiger partial charge in [-0.1, -0.05) is 48.0 Å². The van der Waals surface area contributed by atoms with E-state index in [-0.39, 0.29) is 23.1 Å². The molecule has 0 spiro atoms. The van der Waals surface area contributed by atoms with Gasteiger partial charge in [-0.3, -0.25) is 4.79 Å². The van der Waals surface area contributed by atoms with E-state index in [1.54, 1.807) is 12.1 Å². The fraction of sp³-hybridized carbons (Fsp3) is 0.346. The van der Waals surface area contributed by atoms with Crippen molar-refractivity contribution in [1.82, 2.24) is 9.78 Å². The number of carboxylic acid groups (broad SMARTS) is 1. The van der Waals surface area contributed by atoms with E-state index < -0.39 is 11.8 Å². The molecule has 0 radical (unpaired) electrons. The van der Waals surface area contributed by atoms with E-state index in [4.69, 9.17) is 21.4 Å². The number of hydrogen-bond donors (Lipinski definition) is 1. The van der Waals surface area contributed by atoms with Crippen molar-refractivity contribution >= 4 is 17.6 Å². The zero-order valence-corrected chi connectivity index (χ0v) is 19.4. The van der Waals surface area contributed by atoms with Crippen molar-refractivity contribution in [3.63, 3.8) is 0 Å². The Morgan fingerprint density at radius 2 is 1.76 bits per heavy atom. The maximum Gasteiger partial charge on any atom is 0.329 e. The Kier molecular flexibility index (Phi) is 7.75. The molecule has 1 fully saturated rings. The van der Waals surface area contributed by atoms with Crippen LogP contribution in [0.2, 0.25) is 5.02 Å². The topological polar surface area (TPSA) is 81.4 Å². The number of halogens is 2. The Balaban J connectivity index is 1.56. The molecule has 0 bridgehead atoms. The summed E-state index contributed by atoms with van der Waals surface area (Å²) in [6, 6.07) is 15.5. The van der Waals surface area contributed by atoms with Gasteiger partial charge in [0.2, 0.25) is 0 Å². The summed E-state index contributed by atoms with van der Waals surface area (Å²) in [4.78, 5) is 23.6. The highest BCUT2D eigenvalue weighted by Gasteiger charge is 2.23. The monoisotopic (exact) mass is 484 g/mol. The van der Waals surface area contributed by atoms with Crippen LogP contribution in [0.4, 0.5) is 4.39 Å². The Hall–Kier alpha value is -3.03. The van der Waals surface area contributed by atoms with E-state index in [9.17, 15) is 14.0 Å². The van der Waals surface area contributed by atoms with Crippen molar-refractivity contribution in [2.24, 2.45) is 11.8 Å². The summed E-state index contributed by atoms with van der Waals surface area (Å²) in [6.07, 6.45) is 3.63. The average Bonchev–Trinajstić information content (AvgIpc) is 2.83. The van der Waals surface area contributed by atoms with Crippen LogP contribution in [0.15, 0.2) is 59.4 Å². The Labute approximate surface area is 202 Å². The second-order valence-electron chi connectivity index (χ2n) is 8.72. The van der Waals surface area contributed by atoms with Gasteiger partial charge in [-0.15, -0.1) is 0 Å². The molecule has 3 aromatic rings. The highest BCUT2D eigenvalue weighted by molar-refractivity contribution is 6.30. The van der Waals surface area contributed by atoms with Crippen molar-refractivity contribution < 1.29 is 19.0 Å². The van der Waals surface area contributed by atoms with Gasteiger partial charge in [-0.2, -0.15) is 5.10 Å². The average molecular weight is 485 g/mol. The van der Waals surface area contributed by atoms with Gasteiger partial charge < -0.3 is 9.84 Å². The van der Waals surface area contributed by atoms with Crippen molar-refractivity contribution in [3.05, 3.63) is 75.8 Å². The molecule has 2 aromatic carbocycles. The minimum Gasteiger partial charge on any atom is -0.480 e. The first-order valence-corrected chi connectivity index (χ1v) is 11.7. The predicted octanol–water partition coefficient (Wildman–Crippen LogP) is 5.28. The number of aliphatic carboxylic acids is 1. The third-order valence-electron chi connectivity index (χ3n) is 6.25. The largest absolute Gasteiger partial charge is 0.480 e. The van der Waals surface area contributed by atoms with Gasteiger partial charge >= 0.3 is 5.97 Å². The van der Waals surface area contributed by atoms with Crippen LogP contribution < -0.4 is 5.56 Å². The Morgan fingerprint density at radius 1 is 1.06 bits per heavy atom. The lowest BCUT2D eigenvalue weighted by Gasteiger charge is -2.28. The fourth-order valence-corrected chi connectivity index (χ4v) is 4.57. The first-order valence-electron chi connectivity index (χ1n) is 11.3. The minimum atomic E-state index is -0.963. The lowest BCUT2D eigenvalue weighted by atomic mass is 9.82. The second kappa shape index (κ2) is 10.9. The fourth-order valence-electron chi connectivity index (χ4n) is 4.45. The number of rotatable bonds is 8. The molecule has 0 amide bonds. The number of benzene rings is 2. The van der Waals surface area contributed by atoms with Gasteiger partial charge in [0.25, 0.3) is 5.56 Å². The zero-order chi connectivity index (χ0) is 24.1. The van der Waals surface area contributed by atoms with Crippen LogP contribution in [0.3, 0.4) is 0 Å². The van der Waals surface area contributed by atoms with Crippen LogP contribution in [-0.4, -0.2) is 34.1 Å². The van der Waals surface area contributed by atoms with Gasteiger partial charge in [0.1, 0.15) is 12.4 Å². The summed E-state index contributed by atoms with van der Waals surface area (Å²) in [6.45, 7) is 0.635. The maximum absolute atomic E-state index is 14.2. The third-order valence-corrected chi connectivity index (χ3v) is 6.56. The molecule has 6 nitrogen and oxygen atoms in total. The summed E-state index contributed by atoms with van der Waals surface area (Å²) < 4.78 is 21.0. The smallest absolute Gasteiger partial charge is 0.329 e. The van der Waals surface area contributed by atoms with Gasteiger partial charge in [-0.05, 0) is 55.2 Å². The van der Waals surface area contributed by atoms with Gasteiger partial charge in [-0.25, -0.2) is 13.9 Å². The lowest BCUT2D eigenvalue weighted by molar-refractivity contribution is -0.142. The van der Waals surface area contributed by atoms with Crippen LogP contribution in [0.25, 0.3) is 22.4 Å². The first kappa shape index (κ1) is 24.1. The van der Waals surface area contributed by atoms with Crippen LogP contribution in [0.5, 0.6) is 0 Å². The zero-order valence-electron chi connectivity index (χ0n) is 18.6. The molecule has 178 valence electrons. The Bertz CT molecular complexity index is 1210. The number of hydrogen-bond acceptors (Lipinski definition) is 4. The highest BCUT2D eigenvalue weighted by atomic mass is 35.5. The molecule has 4 rings (SSSR count). The van der Waals surface area contributed by atoms with Crippen LogP contribution in [0, 0.1) is 17.7 Å². The van der Waals surface area contributed by atoms with Crippen molar-refractivity contribution in [2.75, 3.05) is 13.2 Å². The lowest BCUT2D eigenvalue weighted by Crippen LogP contribution is -2.29. The molecule has 34 heavy (non-hydrogen) atoms. The summed E-state index contributed by atoms with van der Waals surface area (Å²) in [7, 11) is 0. The molecular formula is C26H26ClFN2O4. The number of carboxylic acids is 1. The molecule has 0 aliphatic heterocycles. The van der Waals surface area contributed by atoms with Crippen molar-refractivity contribution in [2.45, 2.75) is 32.2 Å². The predicted molar refractivity (Wildman–Crippen MR) is 128 cm³/mol. The molecule has 0 atom stereocenters. The van der Waals surface area contributed by atoms with Crippen LogP contribution >= 0.6 is 11.6 Å². The molecule has 1 aromatic heterocycles. The number of aromatic nitrogens is 2. The van der Waals surface area contributed by atoms with E-state index >= 15 is 0 Å². The summed E-state index contributed by atoms with van der Waals surface area (Å²) in [5, 5.41) is 13.4. The number of ether oxygens (including phenoxy) is 1. The summed E-state index contributed by atoms with van der Waals surface area (Å²) in [5.74, 6) is -0.901. The molecule has 1 saturated carbocycles. The summed E-state index contributed by atoms with van der Waals surface area (Å²) in [5.41, 5.74) is 2.34. The quantitative estimate of drug-likeness (QED) is 0.470. The highest BCUT2D eigenvalue weighted by Crippen LogP contribution is 2.32. The second-order valence-corrected chi connectivity index (χ2v) is 9.12. The SMILES string of the molecule is O=C(O)COC[C@H]1CC[C@@H](Cn2nc(-c3ccc(Cl)c(F)c3)c(-c3ccccc3)cc2=O)CC1. The number of carbonyl (C=O) groups is 1. The third kappa shape index (κ3) is 5.90. The van der Waals surface area contributed by atoms with E-state index in [1.807, 2.05) is 30.3 Å². The Morgan fingerprint density at radius 3 is 2.44 bits per heavy atom. The maximum atomic E-state index is 14.2. The molecular weight excluding hydrogens is 459 g/mol. The first-order chi connectivity index (χ1) is 16.4. The standard InChI is InChI=1S/C26H26ClFN2O4/c27-22-11-10-20(12-23(22)28)26-21(19-4-2-1-3-5-19)13-24(31)30(29-26)14-17-6-8-18(9-7-17)15-34-16-25(32)33/h1-5,10-13,17-18H,6-9,14-16H2,(H,32,33)/t17-,18+. The number of nitrogens with zero attached hydrogens (tertiary/aromatic N) is 2. The molecule has 8 heteroatoms. The van der Waals surface area contributed by atoms with Gasteiger partial charge in [0.05, 0.1) is 17.3 Å². The molecule has 1 N–H and O–H groups in total. The van der Waals surface area contributed by atoms with Crippen molar-refractivity contribution in [1.29, 1.82) is 0 Å². The summed E-state index contributed by atoms with van der Waals surface area (Å²) >= 11 is 5.88. The van der Waals surface area contributed by atoms with Crippen LogP contribution in [-0.2, 0) is 16.1 Å². The van der Waals surface area contributed by atoms with Crippen LogP contribution in [0.1, 0.15) is 25.7 Å². The molecule has 0 unspecified atom stereocenters. The molecule has 1 aliphatic carbocycles. The molecule has 1 aliphatic rings. The van der Waals surface area contributed by atoms with E-state index in [2.05, 4.69) is 5.10 Å². The van der Waals surface area contributed by atoms with E-state index in [1.165, 1.54) is 16.8 Å². The normalized spacial score (nSPS) is 18.1. The van der Waals surface area contributed by atoms with Gasteiger partial charge in [0.15, 0.2) is 0 Å². The van der Waals surface area contributed by atoms with Gasteiger partial charge in [0, 0.05) is 23.7 Å².